The normalized spacial score (nSPS) is 16.7. The molecule has 1 aliphatic carbocycles. The summed E-state index contributed by atoms with van der Waals surface area (Å²) in [7, 11) is 0. The van der Waals surface area contributed by atoms with E-state index in [0.29, 0.717) is 6.04 Å². The van der Waals surface area contributed by atoms with Gasteiger partial charge in [-0.1, -0.05) is 42.0 Å². The van der Waals surface area contributed by atoms with Gasteiger partial charge in [-0.3, -0.25) is 0 Å². The average Bonchev–Trinajstić information content (AvgIpc) is 2.70. The SMILES string of the molecule is Cc1ccccc1.Nc1ccc2c(c1)CC(N)C2. The molecule has 1 atom stereocenters. The molecule has 18 heavy (non-hydrogen) atoms. The van der Waals surface area contributed by atoms with Gasteiger partial charge < -0.3 is 11.5 Å². The van der Waals surface area contributed by atoms with E-state index in [-0.39, 0.29) is 0 Å². The summed E-state index contributed by atoms with van der Waals surface area (Å²) in [6, 6.07) is 16.6. The van der Waals surface area contributed by atoms with Gasteiger partial charge in [-0.15, -0.1) is 0 Å². The predicted octanol–water partition coefficient (Wildman–Crippen LogP) is 2.69. The van der Waals surface area contributed by atoms with Crippen molar-refractivity contribution in [3.8, 4) is 0 Å². The molecule has 3 rings (SSSR count). The lowest BCUT2D eigenvalue weighted by Gasteiger charge is -1.97. The number of nitrogens with two attached hydrogens (primary N) is 2. The summed E-state index contributed by atoms with van der Waals surface area (Å²) < 4.78 is 0. The Bertz CT molecular complexity index is 506. The van der Waals surface area contributed by atoms with Gasteiger partial charge in [-0.2, -0.15) is 0 Å². The van der Waals surface area contributed by atoms with Crippen molar-refractivity contribution < 1.29 is 0 Å². The third-order valence-corrected chi connectivity index (χ3v) is 3.13. The number of hydrogen-bond acceptors (Lipinski definition) is 2. The molecule has 0 saturated carbocycles. The first-order valence-corrected chi connectivity index (χ1v) is 6.29. The standard InChI is InChI=1S/C9H12N2.C7H8/c10-8-2-1-6-3-9(11)5-7(6)4-8;1-7-5-3-2-4-6-7/h1-2,4,9H,3,5,10-11H2;2-6H,1H3. The molecule has 0 saturated heterocycles. The van der Waals surface area contributed by atoms with Crippen molar-refractivity contribution in [2.45, 2.75) is 25.8 Å². The fourth-order valence-corrected chi connectivity index (χ4v) is 2.21. The van der Waals surface area contributed by atoms with Crippen LogP contribution in [0.25, 0.3) is 0 Å². The number of rotatable bonds is 0. The lowest BCUT2D eigenvalue weighted by atomic mass is 10.1. The Hall–Kier alpha value is -1.80. The highest BCUT2D eigenvalue weighted by Crippen LogP contribution is 2.22. The summed E-state index contributed by atoms with van der Waals surface area (Å²) in [6.07, 6.45) is 2.00. The van der Waals surface area contributed by atoms with Crippen LogP contribution in [-0.2, 0) is 12.8 Å². The Balaban J connectivity index is 0.000000149. The Labute approximate surface area is 109 Å². The second-order valence-corrected chi connectivity index (χ2v) is 4.85. The molecule has 0 spiro atoms. The molecule has 2 heteroatoms. The third kappa shape index (κ3) is 3.34. The monoisotopic (exact) mass is 240 g/mol. The second-order valence-electron chi connectivity index (χ2n) is 4.85. The van der Waals surface area contributed by atoms with E-state index in [0.717, 1.165) is 18.5 Å². The summed E-state index contributed by atoms with van der Waals surface area (Å²) in [5, 5.41) is 0. The number of benzene rings is 2. The lowest BCUT2D eigenvalue weighted by Crippen LogP contribution is -2.18. The largest absolute Gasteiger partial charge is 0.399 e. The van der Waals surface area contributed by atoms with Crippen LogP contribution in [0.3, 0.4) is 0 Å². The van der Waals surface area contributed by atoms with E-state index in [1.54, 1.807) is 0 Å². The van der Waals surface area contributed by atoms with Crippen LogP contribution in [0.1, 0.15) is 16.7 Å². The van der Waals surface area contributed by atoms with Crippen molar-refractivity contribution in [1.29, 1.82) is 0 Å². The molecule has 0 aromatic heterocycles. The van der Waals surface area contributed by atoms with Crippen LogP contribution in [0, 0.1) is 6.92 Å². The Kier molecular flexibility index (Phi) is 4.00. The minimum atomic E-state index is 0.312. The third-order valence-electron chi connectivity index (χ3n) is 3.13. The molecule has 94 valence electrons. The summed E-state index contributed by atoms with van der Waals surface area (Å²) in [5.74, 6) is 0. The summed E-state index contributed by atoms with van der Waals surface area (Å²) in [5.41, 5.74) is 16.3. The lowest BCUT2D eigenvalue weighted by molar-refractivity contribution is 0.721. The molecular formula is C16H20N2. The van der Waals surface area contributed by atoms with Crippen molar-refractivity contribution in [3.63, 3.8) is 0 Å². The maximum Gasteiger partial charge on any atom is 0.0316 e. The highest BCUT2D eigenvalue weighted by atomic mass is 14.6. The fourth-order valence-electron chi connectivity index (χ4n) is 2.21. The van der Waals surface area contributed by atoms with Gasteiger partial charge in [0.2, 0.25) is 0 Å². The molecule has 0 amide bonds. The molecule has 2 aromatic carbocycles. The van der Waals surface area contributed by atoms with Gasteiger partial charge >= 0.3 is 0 Å². The van der Waals surface area contributed by atoms with Crippen LogP contribution in [0.5, 0.6) is 0 Å². The van der Waals surface area contributed by atoms with E-state index in [2.05, 4.69) is 25.1 Å². The van der Waals surface area contributed by atoms with Crippen molar-refractivity contribution in [2.75, 3.05) is 5.73 Å². The molecule has 0 heterocycles. The average molecular weight is 240 g/mol. The number of anilines is 1. The molecular weight excluding hydrogens is 220 g/mol. The maximum absolute atomic E-state index is 5.79. The first-order chi connectivity index (χ1) is 8.65. The summed E-state index contributed by atoms with van der Waals surface area (Å²) in [4.78, 5) is 0. The molecule has 0 radical (unpaired) electrons. The zero-order chi connectivity index (χ0) is 13.0. The minimum absolute atomic E-state index is 0.312. The van der Waals surface area contributed by atoms with E-state index in [9.17, 15) is 0 Å². The van der Waals surface area contributed by atoms with Crippen LogP contribution >= 0.6 is 0 Å². The van der Waals surface area contributed by atoms with Crippen LogP contribution in [0.2, 0.25) is 0 Å². The van der Waals surface area contributed by atoms with Crippen molar-refractivity contribution in [3.05, 3.63) is 65.2 Å². The highest BCUT2D eigenvalue weighted by Gasteiger charge is 2.17. The van der Waals surface area contributed by atoms with Gasteiger partial charge in [0.25, 0.3) is 0 Å². The molecule has 1 aliphatic rings. The van der Waals surface area contributed by atoms with Gasteiger partial charge in [0.15, 0.2) is 0 Å². The maximum atomic E-state index is 5.79. The fraction of sp³-hybridized carbons (Fsp3) is 0.250. The molecule has 0 fully saturated rings. The molecule has 0 bridgehead atoms. The number of nitrogen functional groups attached to an aromatic ring is 1. The minimum Gasteiger partial charge on any atom is -0.399 e. The summed E-state index contributed by atoms with van der Waals surface area (Å²) in [6.45, 7) is 2.08. The summed E-state index contributed by atoms with van der Waals surface area (Å²) >= 11 is 0. The molecule has 2 nitrogen and oxygen atoms in total. The van der Waals surface area contributed by atoms with Crippen LogP contribution in [0.15, 0.2) is 48.5 Å². The van der Waals surface area contributed by atoms with Crippen LogP contribution in [0.4, 0.5) is 5.69 Å². The van der Waals surface area contributed by atoms with E-state index in [1.165, 1.54) is 16.7 Å². The Morgan fingerprint density at radius 3 is 2.22 bits per heavy atom. The quantitative estimate of drug-likeness (QED) is 0.696. The number of fused-ring (bicyclic) bond motifs is 1. The van der Waals surface area contributed by atoms with Gasteiger partial charge in [0, 0.05) is 11.7 Å². The van der Waals surface area contributed by atoms with E-state index < -0.39 is 0 Å². The van der Waals surface area contributed by atoms with Crippen molar-refractivity contribution in [1.82, 2.24) is 0 Å². The van der Waals surface area contributed by atoms with Crippen LogP contribution in [-0.4, -0.2) is 6.04 Å². The number of hydrogen-bond donors (Lipinski definition) is 2. The van der Waals surface area contributed by atoms with E-state index in [4.69, 9.17) is 11.5 Å². The molecule has 4 N–H and O–H groups in total. The van der Waals surface area contributed by atoms with Gasteiger partial charge in [-0.05, 0) is 43.0 Å². The van der Waals surface area contributed by atoms with Crippen LogP contribution < -0.4 is 11.5 Å². The first kappa shape index (κ1) is 12.7. The topological polar surface area (TPSA) is 52.0 Å². The zero-order valence-electron chi connectivity index (χ0n) is 10.8. The van der Waals surface area contributed by atoms with Crippen molar-refractivity contribution in [2.24, 2.45) is 5.73 Å². The van der Waals surface area contributed by atoms with E-state index in [1.807, 2.05) is 30.3 Å². The van der Waals surface area contributed by atoms with Gasteiger partial charge in [0.05, 0.1) is 0 Å². The highest BCUT2D eigenvalue weighted by molar-refractivity contribution is 5.47. The Morgan fingerprint density at radius 1 is 0.944 bits per heavy atom. The van der Waals surface area contributed by atoms with Gasteiger partial charge in [-0.25, -0.2) is 0 Å². The first-order valence-electron chi connectivity index (χ1n) is 6.29. The predicted molar refractivity (Wildman–Crippen MR) is 77.4 cm³/mol. The molecule has 0 aliphatic heterocycles. The van der Waals surface area contributed by atoms with E-state index >= 15 is 0 Å². The molecule has 1 unspecified atom stereocenters. The zero-order valence-corrected chi connectivity index (χ0v) is 10.8. The van der Waals surface area contributed by atoms with Crippen molar-refractivity contribution >= 4 is 5.69 Å². The molecule has 2 aromatic rings. The smallest absolute Gasteiger partial charge is 0.0316 e. The van der Waals surface area contributed by atoms with Gasteiger partial charge in [0.1, 0.15) is 0 Å². The Morgan fingerprint density at radius 2 is 1.61 bits per heavy atom. The number of aryl methyl sites for hydroxylation is 1. The second kappa shape index (κ2) is 5.69.